The standard InChI is InChI=1S/C9H20N2O/c1-9(2)7-11(8-12)6-5-10(3)4/h8-9H,5-7H2,1-4H3. The Morgan fingerprint density at radius 1 is 1.25 bits per heavy atom. The molecule has 0 saturated carbocycles. The number of hydrogen-bond acceptors (Lipinski definition) is 2. The van der Waals surface area contributed by atoms with Crippen LogP contribution in [-0.4, -0.2) is 49.9 Å². The van der Waals surface area contributed by atoms with Crippen molar-refractivity contribution in [1.82, 2.24) is 9.80 Å². The van der Waals surface area contributed by atoms with Gasteiger partial charge >= 0.3 is 0 Å². The molecule has 3 nitrogen and oxygen atoms in total. The van der Waals surface area contributed by atoms with Crippen molar-refractivity contribution in [3.8, 4) is 0 Å². The second-order valence-corrected chi connectivity index (χ2v) is 3.80. The molecule has 0 radical (unpaired) electrons. The largest absolute Gasteiger partial charge is 0.344 e. The maximum Gasteiger partial charge on any atom is 0.209 e. The Bertz CT molecular complexity index is 124. The molecule has 72 valence electrons. The summed E-state index contributed by atoms with van der Waals surface area (Å²) < 4.78 is 0. The lowest BCUT2D eigenvalue weighted by Gasteiger charge is -2.21. The average molecular weight is 172 g/mol. The van der Waals surface area contributed by atoms with Crippen molar-refractivity contribution in [2.75, 3.05) is 33.7 Å². The second kappa shape index (κ2) is 6.00. The summed E-state index contributed by atoms with van der Waals surface area (Å²) >= 11 is 0. The van der Waals surface area contributed by atoms with E-state index in [9.17, 15) is 4.79 Å². The van der Waals surface area contributed by atoms with E-state index in [1.54, 1.807) is 0 Å². The minimum absolute atomic E-state index is 0.553. The van der Waals surface area contributed by atoms with E-state index in [0.29, 0.717) is 5.92 Å². The van der Waals surface area contributed by atoms with Crippen LogP contribution in [0, 0.1) is 5.92 Å². The summed E-state index contributed by atoms with van der Waals surface area (Å²) in [5.74, 6) is 0.553. The van der Waals surface area contributed by atoms with Crippen LogP contribution in [0.2, 0.25) is 0 Å². The second-order valence-electron chi connectivity index (χ2n) is 3.80. The maximum absolute atomic E-state index is 10.6. The Balaban J connectivity index is 3.60. The zero-order valence-electron chi connectivity index (χ0n) is 8.58. The fourth-order valence-electron chi connectivity index (χ4n) is 0.984. The number of likely N-dealkylation sites (N-methyl/N-ethyl adjacent to an activating group) is 1. The van der Waals surface area contributed by atoms with E-state index in [0.717, 1.165) is 26.0 Å². The summed E-state index contributed by atoms with van der Waals surface area (Å²) in [6, 6.07) is 0. The van der Waals surface area contributed by atoms with Gasteiger partial charge in [0.25, 0.3) is 0 Å². The van der Waals surface area contributed by atoms with Crippen molar-refractivity contribution in [3.63, 3.8) is 0 Å². The van der Waals surface area contributed by atoms with Crippen LogP contribution in [0.1, 0.15) is 13.8 Å². The van der Waals surface area contributed by atoms with Crippen LogP contribution < -0.4 is 0 Å². The highest BCUT2D eigenvalue weighted by Gasteiger charge is 2.03. The molecule has 0 saturated heterocycles. The van der Waals surface area contributed by atoms with Crippen molar-refractivity contribution in [1.29, 1.82) is 0 Å². The Morgan fingerprint density at radius 2 is 1.83 bits per heavy atom. The summed E-state index contributed by atoms with van der Waals surface area (Å²) in [6.45, 7) is 6.86. The molecule has 0 rings (SSSR count). The maximum atomic E-state index is 10.6. The smallest absolute Gasteiger partial charge is 0.209 e. The fourth-order valence-corrected chi connectivity index (χ4v) is 0.984. The van der Waals surface area contributed by atoms with Gasteiger partial charge in [0, 0.05) is 19.6 Å². The van der Waals surface area contributed by atoms with Crippen molar-refractivity contribution in [3.05, 3.63) is 0 Å². The predicted octanol–water partition coefficient (Wildman–Crippen LogP) is 0.662. The Labute approximate surface area is 75.3 Å². The van der Waals surface area contributed by atoms with Crippen LogP contribution >= 0.6 is 0 Å². The van der Waals surface area contributed by atoms with Crippen LogP contribution in [0.25, 0.3) is 0 Å². The number of carbonyl (C=O) groups is 1. The van der Waals surface area contributed by atoms with E-state index in [1.807, 2.05) is 19.0 Å². The monoisotopic (exact) mass is 172 g/mol. The lowest BCUT2D eigenvalue weighted by molar-refractivity contribution is -0.118. The summed E-state index contributed by atoms with van der Waals surface area (Å²) in [7, 11) is 4.02. The van der Waals surface area contributed by atoms with Gasteiger partial charge in [0.15, 0.2) is 0 Å². The first-order chi connectivity index (χ1) is 5.56. The van der Waals surface area contributed by atoms with Gasteiger partial charge in [-0.3, -0.25) is 4.79 Å². The van der Waals surface area contributed by atoms with E-state index in [2.05, 4.69) is 18.7 Å². The van der Waals surface area contributed by atoms with Gasteiger partial charge in [-0.15, -0.1) is 0 Å². The van der Waals surface area contributed by atoms with E-state index in [4.69, 9.17) is 0 Å². The highest BCUT2D eigenvalue weighted by atomic mass is 16.1. The van der Waals surface area contributed by atoms with Gasteiger partial charge in [0.1, 0.15) is 0 Å². The topological polar surface area (TPSA) is 23.6 Å². The minimum Gasteiger partial charge on any atom is -0.344 e. The number of amides is 1. The number of carbonyl (C=O) groups excluding carboxylic acids is 1. The first kappa shape index (κ1) is 11.4. The summed E-state index contributed by atoms with van der Waals surface area (Å²) in [5.41, 5.74) is 0. The van der Waals surface area contributed by atoms with E-state index < -0.39 is 0 Å². The molecule has 0 fully saturated rings. The third kappa shape index (κ3) is 6.16. The third-order valence-electron chi connectivity index (χ3n) is 1.58. The fraction of sp³-hybridized carbons (Fsp3) is 0.889. The van der Waals surface area contributed by atoms with Crippen molar-refractivity contribution >= 4 is 6.41 Å². The van der Waals surface area contributed by atoms with Crippen molar-refractivity contribution in [2.24, 2.45) is 5.92 Å². The Morgan fingerprint density at radius 3 is 2.17 bits per heavy atom. The molecule has 0 N–H and O–H groups in total. The summed E-state index contributed by atoms with van der Waals surface area (Å²) in [5, 5.41) is 0. The Kier molecular flexibility index (Phi) is 5.72. The van der Waals surface area contributed by atoms with Gasteiger partial charge in [-0.2, -0.15) is 0 Å². The molecule has 0 heterocycles. The minimum atomic E-state index is 0.553. The molecule has 3 heteroatoms. The number of hydrogen-bond donors (Lipinski definition) is 0. The number of nitrogens with zero attached hydrogens (tertiary/aromatic N) is 2. The summed E-state index contributed by atoms with van der Waals surface area (Å²) in [4.78, 5) is 14.5. The highest BCUT2D eigenvalue weighted by molar-refractivity contribution is 5.46. The van der Waals surface area contributed by atoms with E-state index >= 15 is 0 Å². The molecule has 0 bridgehead atoms. The van der Waals surface area contributed by atoms with Gasteiger partial charge in [0.2, 0.25) is 6.41 Å². The lowest BCUT2D eigenvalue weighted by atomic mass is 10.2. The van der Waals surface area contributed by atoms with Crippen LogP contribution in [0.5, 0.6) is 0 Å². The molecule has 1 amide bonds. The molecule has 0 aromatic carbocycles. The predicted molar refractivity (Wildman–Crippen MR) is 51.0 cm³/mol. The normalized spacial score (nSPS) is 10.8. The van der Waals surface area contributed by atoms with E-state index in [-0.39, 0.29) is 0 Å². The first-order valence-electron chi connectivity index (χ1n) is 4.40. The van der Waals surface area contributed by atoms with Crippen molar-refractivity contribution in [2.45, 2.75) is 13.8 Å². The van der Waals surface area contributed by atoms with Crippen LogP contribution in [-0.2, 0) is 4.79 Å². The van der Waals surface area contributed by atoms with Crippen molar-refractivity contribution < 1.29 is 4.79 Å². The van der Waals surface area contributed by atoms with Gasteiger partial charge in [-0.1, -0.05) is 13.8 Å². The third-order valence-corrected chi connectivity index (χ3v) is 1.58. The first-order valence-corrected chi connectivity index (χ1v) is 4.40. The molecular weight excluding hydrogens is 152 g/mol. The van der Waals surface area contributed by atoms with Crippen LogP contribution in [0.4, 0.5) is 0 Å². The molecule has 0 aromatic heterocycles. The molecular formula is C9H20N2O. The van der Waals surface area contributed by atoms with Gasteiger partial charge < -0.3 is 9.80 Å². The molecule has 12 heavy (non-hydrogen) atoms. The molecule has 0 atom stereocenters. The van der Waals surface area contributed by atoms with Crippen LogP contribution in [0.15, 0.2) is 0 Å². The molecule has 0 aromatic rings. The zero-order chi connectivity index (χ0) is 9.56. The van der Waals surface area contributed by atoms with E-state index in [1.165, 1.54) is 0 Å². The lowest BCUT2D eigenvalue weighted by Crippen LogP contribution is -2.33. The van der Waals surface area contributed by atoms with Gasteiger partial charge in [-0.25, -0.2) is 0 Å². The molecule has 0 aliphatic carbocycles. The molecule has 0 aliphatic rings. The summed E-state index contributed by atoms with van der Waals surface area (Å²) in [6.07, 6.45) is 0.934. The molecule has 0 unspecified atom stereocenters. The molecule has 0 aliphatic heterocycles. The average Bonchev–Trinajstić information content (AvgIpc) is 1.97. The van der Waals surface area contributed by atoms with Gasteiger partial charge in [-0.05, 0) is 20.0 Å². The van der Waals surface area contributed by atoms with Crippen LogP contribution in [0.3, 0.4) is 0 Å². The zero-order valence-corrected chi connectivity index (χ0v) is 8.58. The van der Waals surface area contributed by atoms with Gasteiger partial charge in [0.05, 0.1) is 0 Å². The quantitative estimate of drug-likeness (QED) is 0.550. The highest BCUT2D eigenvalue weighted by Crippen LogP contribution is 1.95. The Hall–Kier alpha value is -0.570. The molecule has 0 spiro atoms. The number of rotatable bonds is 6. The SMILES string of the molecule is CC(C)CN(C=O)CCN(C)C.